The highest BCUT2D eigenvalue weighted by Crippen LogP contribution is 2.42. The first-order chi connectivity index (χ1) is 22.8. The van der Waals surface area contributed by atoms with Crippen molar-refractivity contribution in [2.45, 2.75) is 49.6 Å². The minimum absolute atomic E-state index is 0.00205. The monoisotopic (exact) mass is 669 g/mol. The number of benzene rings is 2. The zero-order valence-electron chi connectivity index (χ0n) is 26.5. The molecule has 3 saturated heterocycles. The van der Waals surface area contributed by atoms with Gasteiger partial charge in [0.15, 0.2) is 12.6 Å². The summed E-state index contributed by atoms with van der Waals surface area (Å²) in [7, 11) is 1.50. The fourth-order valence-electron chi connectivity index (χ4n) is 7.42. The maximum absolute atomic E-state index is 17.0. The predicted octanol–water partition coefficient (Wildman–Crippen LogP) is 5.54. The van der Waals surface area contributed by atoms with E-state index < -0.39 is 23.3 Å². The summed E-state index contributed by atoms with van der Waals surface area (Å²) in [4.78, 5) is 18.1. The number of nitrogens with zero attached hydrogens (tertiary/aromatic N) is 5. The third kappa shape index (κ3) is 5.96. The van der Waals surface area contributed by atoms with Gasteiger partial charge in [0.1, 0.15) is 41.4 Å². The minimum atomic E-state index is -0.921. The standard InChI is InChI=1S/C34H38F3N5O4S/c1-3-24-27(36)6-5-20-11-22(46-19-44-2)12-25(28(20)24)30-29(37)31-26(14-38-30)32(41-9-10-47-23(16-41)17-43)40-33(39-31)45-18-34-7-4-8-42(34)15-21(35)13-34/h5-6,11-12,14,21,23,43H,3-4,7-10,13,15-19H2,1-2H3/t21-,23?,34+/m1/s1. The van der Waals surface area contributed by atoms with Crippen molar-refractivity contribution in [2.24, 2.45) is 0 Å². The Morgan fingerprint density at radius 2 is 2.00 bits per heavy atom. The number of aryl methyl sites for hydroxylation is 1. The number of ether oxygens (including phenoxy) is 3. The lowest BCUT2D eigenvalue weighted by molar-refractivity contribution is 0.0512. The van der Waals surface area contributed by atoms with Crippen molar-refractivity contribution in [1.82, 2.24) is 19.9 Å². The Labute approximate surface area is 275 Å². The van der Waals surface area contributed by atoms with Gasteiger partial charge in [-0.1, -0.05) is 13.0 Å². The number of pyridine rings is 1. The molecule has 13 heteroatoms. The van der Waals surface area contributed by atoms with Gasteiger partial charge in [-0.2, -0.15) is 21.7 Å². The average molecular weight is 670 g/mol. The maximum Gasteiger partial charge on any atom is 0.319 e. The van der Waals surface area contributed by atoms with E-state index in [1.165, 1.54) is 13.2 Å². The van der Waals surface area contributed by atoms with Gasteiger partial charge in [-0.05, 0) is 60.3 Å². The molecule has 250 valence electrons. The zero-order valence-corrected chi connectivity index (χ0v) is 27.3. The molecule has 3 aliphatic rings. The van der Waals surface area contributed by atoms with E-state index in [0.29, 0.717) is 71.3 Å². The van der Waals surface area contributed by atoms with Crippen LogP contribution in [-0.2, 0) is 11.2 Å². The Bertz CT molecular complexity index is 1800. The molecule has 3 atom stereocenters. The number of anilines is 1. The second-order valence-electron chi connectivity index (χ2n) is 12.5. The van der Waals surface area contributed by atoms with E-state index in [1.807, 2.05) is 11.8 Å². The van der Waals surface area contributed by atoms with Gasteiger partial charge in [0, 0.05) is 55.9 Å². The van der Waals surface area contributed by atoms with Crippen LogP contribution in [0.1, 0.15) is 31.7 Å². The van der Waals surface area contributed by atoms with E-state index in [9.17, 15) is 9.50 Å². The van der Waals surface area contributed by atoms with Crippen molar-refractivity contribution in [3.63, 3.8) is 0 Å². The van der Waals surface area contributed by atoms with Crippen LogP contribution in [0.2, 0.25) is 0 Å². The van der Waals surface area contributed by atoms with Crippen LogP contribution < -0.4 is 14.4 Å². The normalized spacial score (nSPS) is 23.1. The molecule has 0 amide bonds. The summed E-state index contributed by atoms with van der Waals surface area (Å²) in [5.74, 6) is 0.531. The number of alkyl halides is 1. The summed E-state index contributed by atoms with van der Waals surface area (Å²) in [6.07, 6.45) is 3.15. The average Bonchev–Trinajstić information content (AvgIpc) is 3.61. The van der Waals surface area contributed by atoms with Crippen molar-refractivity contribution in [3.05, 3.63) is 47.7 Å². The van der Waals surface area contributed by atoms with Crippen LogP contribution in [0.4, 0.5) is 19.0 Å². The second-order valence-corrected chi connectivity index (χ2v) is 13.9. The van der Waals surface area contributed by atoms with Crippen LogP contribution in [0.5, 0.6) is 11.8 Å². The van der Waals surface area contributed by atoms with Gasteiger partial charge in [-0.3, -0.25) is 9.88 Å². The van der Waals surface area contributed by atoms with E-state index in [1.54, 1.807) is 36.2 Å². The molecular weight excluding hydrogens is 631 g/mol. The highest BCUT2D eigenvalue weighted by atomic mass is 32.2. The first-order valence-corrected chi connectivity index (χ1v) is 17.1. The lowest BCUT2D eigenvalue weighted by atomic mass is 9.94. The van der Waals surface area contributed by atoms with E-state index in [-0.39, 0.29) is 42.5 Å². The second kappa shape index (κ2) is 13.3. The van der Waals surface area contributed by atoms with Gasteiger partial charge in [0.25, 0.3) is 0 Å². The van der Waals surface area contributed by atoms with Gasteiger partial charge in [0.2, 0.25) is 0 Å². The number of thioether (sulfide) groups is 1. The number of aromatic nitrogens is 3. The summed E-state index contributed by atoms with van der Waals surface area (Å²) < 4.78 is 63.7. The molecule has 1 unspecified atom stereocenters. The highest BCUT2D eigenvalue weighted by molar-refractivity contribution is 8.00. The van der Waals surface area contributed by atoms with Crippen molar-refractivity contribution in [3.8, 4) is 23.0 Å². The molecule has 3 fully saturated rings. The van der Waals surface area contributed by atoms with Gasteiger partial charge in [-0.25, -0.2) is 13.2 Å². The molecule has 2 aromatic heterocycles. The van der Waals surface area contributed by atoms with Crippen LogP contribution in [-0.4, -0.2) is 101 Å². The minimum Gasteiger partial charge on any atom is -0.468 e. The summed E-state index contributed by atoms with van der Waals surface area (Å²) in [6, 6.07) is 6.44. The number of hydrogen-bond acceptors (Lipinski definition) is 10. The number of rotatable bonds is 10. The van der Waals surface area contributed by atoms with Crippen LogP contribution in [0.15, 0.2) is 30.5 Å². The van der Waals surface area contributed by atoms with Crippen molar-refractivity contribution >= 4 is 39.3 Å². The number of halogens is 3. The van der Waals surface area contributed by atoms with Crippen molar-refractivity contribution in [2.75, 3.05) is 63.9 Å². The van der Waals surface area contributed by atoms with Gasteiger partial charge >= 0.3 is 6.01 Å². The smallest absolute Gasteiger partial charge is 0.319 e. The molecule has 0 radical (unpaired) electrons. The number of aliphatic hydroxyl groups excluding tert-OH is 1. The Morgan fingerprint density at radius 3 is 2.81 bits per heavy atom. The number of hydrogen-bond donors (Lipinski definition) is 1. The van der Waals surface area contributed by atoms with E-state index in [0.717, 1.165) is 25.1 Å². The third-order valence-electron chi connectivity index (χ3n) is 9.61. The highest BCUT2D eigenvalue weighted by Gasteiger charge is 2.49. The molecule has 7 rings (SSSR count). The number of methoxy groups -OCH3 is 1. The number of aliphatic hydroxyl groups is 1. The Hall–Kier alpha value is -3.39. The van der Waals surface area contributed by atoms with Gasteiger partial charge in [0.05, 0.1) is 17.5 Å². The lowest BCUT2D eigenvalue weighted by Crippen LogP contribution is -2.43. The van der Waals surface area contributed by atoms with Crippen molar-refractivity contribution < 1.29 is 32.5 Å². The SMILES string of the molecule is CCc1c(F)ccc2cc(OCOC)cc(-c3ncc4c(N5CCSC(CO)C5)nc(OC[C@@]56CCCN5C[C@H](F)C6)nc4c3F)c12. The van der Waals surface area contributed by atoms with Crippen LogP contribution in [0.3, 0.4) is 0 Å². The van der Waals surface area contributed by atoms with E-state index in [2.05, 4.69) is 14.9 Å². The molecular formula is C34H38F3N5O4S. The fourth-order valence-corrected chi connectivity index (χ4v) is 8.47. The summed E-state index contributed by atoms with van der Waals surface area (Å²) in [5, 5.41) is 11.5. The molecule has 4 aromatic rings. The number of fused-ring (bicyclic) bond motifs is 3. The Balaban J connectivity index is 1.38. The summed E-state index contributed by atoms with van der Waals surface area (Å²) in [6.45, 7) is 4.33. The molecule has 0 spiro atoms. The van der Waals surface area contributed by atoms with Crippen LogP contribution in [0, 0.1) is 11.6 Å². The summed E-state index contributed by atoms with van der Waals surface area (Å²) >= 11 is 1.68. The topological polar surface area (TPSA) is 93.1 Å². The molecule has 1 N–H and O–H groups in total. The molecule has 2 aromatic carbocycles. The van der Waals surface area contributed by atoms with E-state index in [4.69, 9.17) is 19.2 Å². The van der Waals surface area contributed by atoms with Crippen molar-refractivity contribution in [1.29, 1.82) is 0 Å². The Kier molecular flexibility index (Phi) is 9.07. The predicted molar refractivity (Wildman–Crippen MR) is 176 cm³/mol. The zero-order chi connectivity index (χ0) is 32.7. The molecule has 0 aliphatic carbocycles. The molecule has 0 saturated carbocycles. The van der Waals surface area contributed by atoms with Gasteiger partial charge in [-0.15, -0.1) is 0 Å². The molecule has 5 heterocycles. The molecule has 3 aliphatic heterocycles. The molecule has 9 nitrogen and oxygen atoms in total. The largest absolute Gasteiger partial charge is 0.468 e. The Morgan fingerprint density at radius 1 is 1.13 bits per heavy atom. The molecule has 0 bridgehead atoms. The molecule has 47 heavy (non-hydrogen) atoms. The van der Waals surface area contributed by atoms with Crippen LogP contribution in [0.25, 0.3) is 32.9 Å². The maximum atomic E-state index is 17.0. The summed E-state index contributed by atoms with van der Waals surface area (Å²) in [5.41, 5.74) is 0.359. The van der Waals surface area contributed by atoms with Gasteiger partial charge < -0.3 is 24.2 Å². The fraction of sp³-hybridized carbons (Fsp3) is 0.500. The van der Waals surface area contributed by atoms with Crippen LogP contribution >= 0.6 is 11.8 Å². The van der Waals surface area contributed by atoms with E-state index >= 15 is 8.78 Å². The first kappa shape index (κ1) is 32.2. The third-order valence-corrected chi connectivity index (χ3v) is 10.8. The first-order valence-electron chi connectivity index (χ1n) is 16.1. The quantitative estimate of drug-likeness (QED) is 0.217. The lowest BCUT2D eigenvalue weighted by Gasteiger charge is -2.33.